The molecule has 98 valence electrons. The minimum atomic E-state index is -0.385. The first-order valence-electron chi connectivity index (χ1n) is 5.41. The number of ether oxygens (including phenoxy) is 1. The van der Waals surface area contributed by atoms with E-state index in [2.05, 4.69) is 47.8 Å². The van der Waals surface area contributed by atoms with Gasteiger partial charge >= 0.3 is 5.97 Å². The molecular weight excluding hydrogens is 440 g/mol. The van der Waals surface area contributed by atoms with E-state index in [0.29, 0.717) is 11.3 Å². The van der Waals surface area contributed by atoms with E-state index in [0.717, 1.165) is 19.0 Å². The summed E-state index contributed by atoms with van der Waals surface area (Å²) in [5.74, 6) is 0.105. The van der Waals surface area contributed by atoms with Crippen LogP contribution >= 0.6 is 47.8 Å². The Hall–Kier alpha value is -0.650. The number of benzene rings is 2. The fraction of sp³-hybridized carbons (Fsp3) is 0.0714. The third kappa shape index (κ3) is 3.68. The smallest absolute Gasteiger partial charge is 0.343 e. The van der Waals surface area contributed by atoms with Crippen molar-refractivity contribution in [3.63, 3.8) is 0 Å². The average Bonchev–Trinajstić information content (AvgIpc) is 2.36. The third-order valence-electron chi connectivity index (χ3n) is 2.50. The first kappa shape index (κ1) is 14.8. The van der Waals surface area contributed by atoms with E-state index in [4.69, 9.17) is 4.74 Å². The van der Waals surface area contributed by atoms with Gasteiger partial charge in [-0.2, -0.15) is 0 Å². The summed E-state index contributed by atoms with van der Waals surface area (Å²) in [5.41, 5.74) is 1.58. The Bertz CT molecular complexity index is 639. The highest BCUT2D eigenvalue weighted by molar-refractivity contribution is 9.11. The molecule has 2 aromatic rings. The van der Waals surface area contributed by atoms with Crippen molar-refractivity contribution in [1.82, 2.24) is 0 Å². The largest absolute Gasteiger partial charge is 0.422 e. The maximum atomic E-state index is 12.0. The van der Waals surface area contributed by atoms with E-state index in [-0.39, 0.29) is 5.97 Å². The van der Waals surface area contributed by atoms with Crippen LogP contribution in [0.4, 0.5) is 0 Å². The lowest BCUT2D eigenvalue weighted by atomic mass is 10.1. The van der Waals surface area contributed by atoms with Crippen molar-refractivity contribution in [3.8, 4) is 5.75 Å². The van der Waals surface area contributed by atoms with Gasteiger partial charge in [0, 0.05) is 8.95 Å². The highest BCUT2D eigenvalue weighted by atomic mass is 79.9. The normalized spacial score (nSPS) is 10.3. The van der Waals surface area contributed by atoms with Gasteiger partial charge in [-0.15, -0.1) is 0 Å². The van der Waals surface area contributed by atoms with Gasteiger partial charge in [0.2, 0.25) is 0 Å². The van der Waals surface area contributed by atoms with Gasteiger partial charge in [0.15, 0.2) is 0 Å². The van der Waals surface area contributed by atoms with Crippen molar-refractivity contribution in [2.24, 2.45) is 0 Å². The lowest BCUT2D eigenvalue weighted by Gasteiger charge is -2.07. The van der Waals surface area contributed by atoms with Gasteiger partial charge in [-0.1, -0.05) is 37.9 Å². The zero-order chi connectivity index (χ0) is 14.0. The fourth-order valence-corrected chi connectivity index (χ4v) is 2.94. The minimum absolute atomic E-state index is 0.385. The Morgan fingerprint density at radius 3 is 2.37 bits per heavy atom. The molecule has 0 aliphatic heterocycles. The quantitative estimate of drug-likeness (QED) is 0.448. The Kier molecular flexibility index (Phi) is 4.81. The van der Waals surface area contributed by atoms with E-state index >= 15 is 0 Å². The summed E-state index contributed by atoms with van der Waals surface area (Å²) in [6.07, 6.45) is 0. The van der Waals surface area contributed by atoms with Gasteiger partial charge in [-0.05, 0) is 58.7 Å². The van der Waals surface area contributed by atoms with E-state index < -0.39 is 0 Å². The number of hydrogen-bond acceptors (Lipinski definition) is 2. The Morgan fingerprint density at radius 2 is 1.74 bits per heavy atom. The second kappa shape index (κ2) is 6.20. The lowest BCUT2D eigenvalue weighted by Crippen LogP contribution is -2.09. The molecule has 19 heavy (non-hydrogen) atoms. The molecular formula is C14H9Br3O2. The Labute approximate surface area is 136 Å². The summed E-state index contributed by atoms with van der Waals surface area (Å²) in [6, 6.07) is 10.7. The molecule has 0 fully saturated rings. The summed E-state index contributed by atoms with van der Waals surface area (Å²) in [6.45, 7) is 1.96. The molecule has 0 aliphatic carbocycles. The second-order valence-corrected chi connectivity index (χ2v) is 6.55. The highest BCUT2D eigenvalue weighted by Crippen LogP contribution is 2.29. The minimum Gasteiger partial charge on any atom is -0.422 e. The number of halogens is 3. The zero-order valence-electron chi connectivity index (χ0n) is 9.91. The zero-order valence-corrected chi connectivity index (χ0v) is 14.7. The molecule has 0 aliphatic rings. The summed E-state index contributed by atoms with van der Waals surface area (Å²) < 4.78 is 7.88. The van der Waals surface area contributed by atoms with Crippen LogP contribution in [0.1, 0.15) is 15.9 Å². The predicted molar refractivity (Wildman–Crippen MR) is 85.7 cm³/mol. The van der Waals surface area contributed by atoms with Crippen LogP contribution in [-0.4, -0.2) is 5.97 Å². The molecule has 0 atom stereocenters. The fourth-order valence-electron chi connectivity index (χ4n) is 1.44. The summed E-state index contributed by atoms with van der Waals surface area (Å²) in [7, 11) is 0. The molecule has 0 radical (unpaired) electrons. The number of hydrogen-bond donors (Lipinski definition) is 0. The molecule has 5 heteroatoms. The molecule has 0 N–H and O–H groups in total. The molecule has 0 unspecified atom stereocenters. The maximum absolute atomic E-state index is 12.0. The number of carbonyl (C=O) groups excluding carboxylic acids is 1. The average molecular weight is 449 g/mol. The van der Waals surface area contributed by atoms with Crippen LogP contribution in [0, 0.1) is 6.92 Å². The Balaban J connectivity index is 2.23. The van der Waals surface area contributed by atoms with Gasteiger partial charge in [-0.3, -0.25) is 0 Å². The van der Waals surface area contributed by atoms with Crippen molar-refractivity contribution in [3.05, 3.63) is 60.9 Å². The van der Waals surface area contributed by atoms with Crippen LogP contribution in [0.5, 0.6) is 5.75 Å². The summed E-state index contributed by atoms with van der Waals surface area (Å²) in [4.78, 5) is 12.0. The van der Waals surface area contributed by atoms with E-state index in [1.807, 2.05) is 25.1 Å². The van der Waals surface area contributed by atoms with Crippen LogP contribution in [0.3, 0.4) is 0 Å². The van der Waals surface area contributed by atoms with Crippen LogP contribution in [0.25, 0.3) is 0 Å². The van der Waals surface area contributed by atoms with Crippen LogP contribution in [0.2, 0.25) is 0 Å². The molecule has 0 amide bonds. The number of rotatable bonds is 2. The van der Waals surface area contributed by atoms with Crippen molar-refractivity contribution in [1.29, 1.82) is 0 Å². The predicted octanol–water partition coefficient (Wildman–Crippen LogP) is 5.50. The van der Waals surface area contributed by atoms with E-state index in [1.54, 1.807) is 18.2 Å². The molecule has 0 bridgehead atoms. The van der Waals surface area contributed by atoms with Crippen molar-refractivity contribution >= 4 is 53.8 Å². The van der Waals surface area contributed by atoms with Crippen molar-refractivity contribution in [2.75, 3.05) is 0 Å². The first-order chi connectivity index (χ1) is 8.97. The Morgan fingerprint density at radius 1 is 1.00 bits per heavy atom. The first-order valence-corrected chi connectivity index (χ1v) is 7.78. The third-order valence-corrected chi connectivity index (χ3v) is 4.47. The lowest BCUT2D eigenvalue weighted by molar-refractivity contribution is 0.0733. The number of esters is 1. The molecule has 2 rings (SSSR count). The van der Waals surface area contributed by atoms with Gasteiger partial charge in [0.1, 0.15) is 5.75 Å². The monoisotopic (exact) mass is 446 g/mol. The number of aryl methyl sites for hydroxylation is 1. The molecule has 0 saturated carbocycles. The summed E-state index contributed by atoms with van der Waals surface area (Å²) in [5, 5.41) is 0. The molecule has 2 nitrogen and oxygen atoms in total. The van der Waals surface area contributed by atoms with Crippen LogP contribution < -0.4 is 4.74 Å². The molecule has 0 saturated heterocycles. The molecule has 0 aromatic heterocycles. The van der Waals surface area contributed by atoms with Gasteiger partial charge in [0.25, 0.3) is 0 Å². The molecule has 2 aromatic carbocycles. The maximum Gasteiger partial charge on any atom is 0.343 e. The van der Waals surface area contributed by atoms with Gasteiger partial charge < -0.3 is 4.74 Å². The second-order valence-electron chi connectivity index (χ2n) is 3.93. The highest BCUT2D eigenvalue weighted by Gasteiger charge is 2.12. The van der Waals surface area contributed by atoms with E-state index in [1.165, 1.54) is 0 Å². The van der Waals surface area contributed by atoms with Crippen LogP contribution in [-0.2, 0) is 0 Å². The topological polar surface area (TPSA) is 26.3 Å². The molecule has 0 heterocycles. The molecule has 0 spiro atoms. The van der Waals surface area contributed by atoms with Gasteiger partial charge in [-0.25, -0.2) is 4.79 Å². The van der Waals surface area contributed by atoms with Crippen molar-refractivity contribution in [2.45, 2.75) is 6.92 Å². The van der Waals surface area contributed by atoms with E-state index in [9.17, 15) is 4.79 Å². The summed E-state index contributed by atoms with van der Waals surface area (Å²) >= 11 is 10.1. The van der Waals surface area contributed by atoms with Crippen LogP contribution in [0.15, 0.2) is 49.8 Å². The number of carbonyl (C=O) groups is 1. The standard InChI is InChI=1S/C14H9Br3O2/c1-8-2-3-9(6-11(8)16)14(18)19-13-5-4-10(15)7-12(13)17/h2-7H,1H3. The van der Waals surface area contributed by atoms with Gasteiger partial charge in [0.05, 0.1) is 10.0 Å². The van der Waals surface area contributed by atoms with Crippen molar-refractivity contribution < 1.29 is 9.53 Å². The SMILES string of the molecule is Cc1ccc(C(=O)Oc2ccc(Br)cc2Br)cc1Br.